The molecule has 0 aliphatic rings. The van der Waals surface area contributed by atoms with Gasteiger partial charge in [-0.3, -0.25) is 4.40 Å². The molecule has 0 saturated heterocycles. The van der Waals surface area contributed by atoms with Crippen LogP contribution >= 0.6 is 27.3 Å². The van der Waals surface area contributed by atoms with Crippen LogP contribution in [0.1, 0.15) is 11.5 Å². The van der Waals surface area contributed by atoms with E-state index in [1.165, 1.54) is 5.69 Å². The summed E-state index contributed by atoms with van der Waals surface area (Å²) in [4.78, 5) is 12.2. The molecule has 5 nitrogen and oxygen atoms in total. The van der Waals surface area contributed by atoms with E-state index >= 15 is 0 Å². The summed E-state index contributed by atoms with van der Waals surface area (Å²) in [5.74, 6) is 2.03. The molecule has 0 radical (unpaired) electrons. The summed E-state index contributed by atoms with van der Waals surface area (Å²) in [6.07, 6.45) is 5.84. The molecule has 0 aliphatic heterocycles. The number of imidazole rings is 2. The SMILES string of the molecule is CN(Cc1nccn1C)c1nc2sccn2c1CBr. The number of aryl methyl sites for hydroxylation is 1. The van der Waals surface area contributed by atoms with Crippen LogP contribution in [0, 0.1) is 0 Å². The molecule has 100 valence electrons. The average molecular weight is 340 g/mol. The van der Waals surface area contributed by atoms with Crippen molar-refractivity contribution >= 4 is 38.0 Å². The fourth-order valence-corrected chi connectivity index (χ4v) is 3.34. The lowest BCUT2D eigenvalue weighted by molar-refractivity contribution is 0.755. The summed E-state index contributed by atoms with van der Waals surface area (Å²) >= 11 is 5.20. The molecule has 0 saturated carbocycles. The molecular weight excluding hydrogens is 326 g/mol. The van der Waals surface area contributed by atoms with E-state index < -0.39 is 0 Å². The van der Waals surface area contributed by atoms with Crippen LogP contribution < -0.4 is 4.90 Å². The molecule has 3 rings (SSSR count). The zero-order chi connectivity index (χ0) is 13.4. The molecule has 3 aromatic heterocycles. The minimum Gasteiger partial charge on any atom is -0.351 e. The number of nitrogens with zero attached hydrogens (tertiary/aromatic N) is 5. The van der Waals surface area contributed by atoms with Gasteiger partial charge in [0, 0.05) is 43.4 Å². The number of rotatable bonds is 4. The van der Waals surface area contributed by atoms with Crippen molar-refractivity contribution < 1.29 is 0 Å². The highest BCUT2D eigenvalue weighted by Crippen LogP contribution is 2.26. The Kier molecular flexibility index (Phi) is 3.32. The van der Waals surface area contributed by atoms with Crippen LogP contribution in [-0.2, 0) is 18.9 Å². The first-order valence-electron chi connectivity index (χ1n) is 5.88. The third-order valence-electron chi connectivity index (χ3n) is 3.13. The van der Waals surface area contributed by atoms with E-state index in [0.717, 1.165) is 28.5 Å². The molecule has 0 N–H and O–H groups in total. The molecular formula is C12H14BrN5S. The Morgan fingerprint density at radius 1 is 1.42 bits per heavy atom. The smallest absolute Gasteiger partial charge is 0.195 e. The van der Waals surface area contributed by atoms with Gasteiger partial charge in [-0.2, -0.15) is 0 Å². The average Bonchev–Trinajstić information content (AvgIpc) is 3.05. The van der Waals surface area contributed by atoms with Gasteiger partial charge in [0.15, 0.2) is 10.8 Å². The minimum absolute atomic E-state index is 0.744. The predicted molar refractivity (Wildman–Crippen MR) is 81.0 cm³/mol. The Labute approximate surface area is 123 Å². The van der Waals surface area contributed by atoms with Gasteiger partial charge >= 0.3 is 0 Å². The number of aromatic nitrogens is 4. The van der Waals surface area contributed by atoms with Crippen LogP contribution in [0.3, 0.4) is 0 Å². The number of anilines is 1. The van der Waals surface area contributed by atoms with Crippen LogP contribution in [-0.4, -0.2) is 26.0 Å². The summed E-state index contributed by atoms with van der Waals surface area (Å²) in [6, 6.07) is 0. The molecule has 0 spiro atoms. The number of fused-ring (bicyclic) bond motifs is 1. The second kappa shape index (κ2) is 4.97. The Hall–Kier alpha value is -1.34. The van der Waals surface area contributed by atoms with Crippen molar-refractivity contribution in [2.75, 3.05) is 11.9 Å². The summed E-state index contributed by atoms with van der Waals surface area (Å²) in [5, 5.41) is 2.84. The molecule has 0 aliphatic carbocycles. The van der Waals surface area contributed by atoms with Gasteiger partial charge in [0.2, 0.25) is 0 Å². The Morgan fingerprint density at radius 2 is 2.26 bits per heavy atom. The number of thiazole rings is 1. The molecule has 0 atom stereocenters. The zero-order valence-electron chi connectivity index (χ0n) is 10.7. The van der Waals surface area contributed by atoms with Gasteiger partial charge in [0.25, 0.3) is 0 Å². The second-order valence-corrected chi connectivity index (χ2v) is 5.82. The van der Waals surface area contributed by atoms with E-state index in [2.05, 4.69) is 41.8 Å². The molecule has 3 aromatic rings. The largest absolute Gasteiger partial charge is 0.351 e. The van der Waals surface area contributed by atoms with Crippen LogP contribution in [0.25, 0.3) is 4.96 Å². The summed E-state index contributed by atoms with van der Waals surface area (Å²) in [7, 11) is 4.06. The minimum atomic E-state index is 0.744. The van der Waals surface area contributed by atoms with Gasteiger partial charge in [-0.15, -0.1) is 11.3 Å². The molecule has 19 heavy (non-hydrogen) atoms. The maximum atomic E-state index is 4.69. The van der Waals surface area contributed by atoms with E-state index in [1.807, 2.05) is 31.1 Å². The quantitative estimate of drug-likeness (QED) is 0.686. The van der Waals surface area contributed by atoms with Gasteiger partial charge in [-0.25, -0.2) is 9.97 Å². The van der Waals surface area contributed by atoms with Crippen LogP contribution in [0.5, 0.6) is 0 Å². The van der Waals surface area contributed by atoms with E-state index in [9.17, 15) is 0 Å². The van der Waals surface area contributed by atoms with Crippen molar-refractivity contribution in [3.05, 3.63) is 35.5 Å². The third-order valence-corrected chi connectivity index (χ3v) is 4.42. The zero-order valence-corrected chi connectivity index (χ0v) is 13.1. The van der Waals surface area contributed by atoms with Crippen molar-refractivity contribution in [2.24, 2.45) is 7.05 Å². The van der Waals surface area contributed by atoms with E-state index in [0.29, 0.717) is 0 Å². The third kappa shape index (κ3) is 2.17. The topological polar surface area (TPSA) is 38.4 Å². The van der Waals surface area contributed by atoms with Crippen molar-refractivity contribution in [3.8, 4) is 0 Å². The normalized spacial score (nSPS) is 11.3. The van der Waals surface area contributed by atoms with Crippen LogP contribution in [0.2, 0.25) is 0 Å². The summed E-state index contributed by atoms with van der Waals surface area (Å²) in [6.45, 7) is 0.744. The fourth-order valence-electron chi connectivity index (χ4n) is 2.09. The lowest BCUT2D eigenvalue weighted by Gasteiger charge is -2.17. The first-order chi connectivity index (χ1) is 9.20. The Morgan fingerprint density at radius 3 is 2.95 bits per heavy atom. The van der Waals surface area contributed by atoms with E-state index in [-0.39, 0.29) is 0 Å². The maximum Gasteiger partial charge on any atom is 0.195 e. The van der Waals surface area contributed by atoms with Crippen molar-refractivity contribution in [2.45, 2.75) is 11.9 Å². The first kappa shape index (κ1) is 12.7. The van der Waals surface area contributed by atoms with E-state index in [1.54, 1.807) is 11.3 Å². The van der Waals surface area contributed by atoms with Gasteiger partial charge in [-0.05, 0) is 0 Å². The monoisotopic (exact) mass is 339 g/mol. The van der Waals surface area contributed by atoms with Gasteiger partial charge < -0.3 is 9.47 Å². The molecule has 3 heterocycles. The summed E-state index contributed by atoms with van der Waals surface area (Å²) in [5.41, 5.74) is 1.17. The highest BCUT2D eigenvalue weighted by molar-refractivity contribution is 9.08. The maximum absolute atomic E-state index is 4.69. The molecule has 0 bridgehead atoms. The first-order valence-corrected chi connectivity index (χ1v) is 7.88. The van der Waals surface area contributed by atoms with Gasteiger partial charge in [0.1, 0.15) is 5.82 Å². The highest BCUT2D eigenvalue weighted by atomic mass is 79.9. The lowest BCUT2D eigenvalue weighted by atomic mass is 10.4. The van der Waals surface area contributed by atoms with Crippen molar-refractivity contribution in [3.63, 3.8) is 0 Å². The van der Waals surface area contributed by atoms with Gasteiger partial charge in [-0.1, -0.05) is 15.9 Å². The highest BCUT2D eigenvalue weighted by Gasteiger charge is 2.16. The Bertz CT molecular complexity index is 698. The Balaban J connectivity index is 1.94. The molecule has 0 amide bonds. The number of hydrogen-bond donors (Lipinski definition) is 0. The van der Waals surface area contributed by atoms with Crippen molar-refractivity contribution in [1.82, 2.24) is 18.9 Å². The second-order valence-electron chi connectivity index (χ2n) is 4.38. The van der Waals surface area contributed by atoms with Crippen LogP contribution in [0.4, 0.5) is 5.82 Å². The van der Waals surface area contributed by atoms with Crippen molar-refractivity contribution in [1.29, 1.82) is 0 Å². The fraction of sp³-hybridized carbons (Fsp3) is 0.333. The number of hydrogen-bond acceptors (Lipinski definition) is 4. The molecule has 0 aromatic carbocycles. The van der Waals surface area contributed by atoms with Crippen LogP contribution in [0.15, 0.2) is 24.0 Å². The standard InChI is InChI=1S/C12H14BrN5S/c1-16-4-3-14-10(16)8-17(2)11-9(7-13)18-5-6-19-12(18)15-11/h3-6H,7-8H2,1-2H3. The van der Waals surface area contributed by atoms with E-state index in [4.69, 9.17) is 4.98 Å². The predicted octanol–water partition coefficient (Wildman–Crippen LogP) is 2.66. The molecule has 7 heteroatoms. The molecule has 0 unspecified atom stereocenters. The lowest BCUT2D eigenvalue weighted by Crippen LogP contribution is -2.20. The summed E-state index contributed by atoms with van der Waals surface area (Å²) < 4.78 is 4.16. The number of alkyl halides is 1. The van der Waals surface area contributed by atoms with Gasteiger partial charge in [0.05, 0.1) is 12.2 Å². The molecule has 0 fully saturated rings. The number of halogens is 1.